The highest BCUT2D eigenvalue weighted by atomic mass is 35.5. The summed E-state index contributed by atoms with van der Waals surface area (Å²) in [6.07, 6.45) is 0. The fourth-order valence-electron chi connectivity index (χ4n) is 1.87. The van der Waals surface area contributed by atoms with Gasteiger partial charge in [-0.3, -0.25) is 9.59 Å². The maximum Gasteiger partial charge on any atom is 0.258 e. The van der Waals surface area contributed by atoms with Crippen molar-refractivity contribution in [1.82, 2.24) is 5.32 Å². The molecule has 126 valence electrons. The monoisotopic (exact) mass is 386 g/mol. The molecule has 2 amide bonds. The Balaban J connectivity index is 1.93. The van der Waals surface area contributed by atoms with Crippen LogP contribution in [0.15, 0.2) is 36.4 Å². The molecule has 0 radical (unpaired) electrons. The minimum Gasteiger partial charge on any atom is -0.483 e. The SMILES string of the molecule is NC(=O)c1cc(Cl)ccc1OCC(=O)NCc1ccc(Cl)cc1Cl. The van der Waals surface area contributed by atoms with Crippen molar-refractivity contribution < 1.29 is 14.3 Å². The Morgan fingerprint density at radius 3 is 2.38 bits per heavy atom. The summed E-state index contributed by atoms with van der Waals surface area (Å²) in [5, 5.41) is 3.97. The van der Waals surface area contributed by atoms with Crippen LogP contribution in [0, 0.1) is 0 Å². The van der Waals surface area contributed by atoms with Crippen molar-refractivity contribution in [2.75, 3.05) is 6.61 Å². The molecule has 0 saturated carbocycles. The first-order valence-corrected chi connectivity index (χ1v) is 7.93. The van der Waals surface area contributed by atoms with E-state index in [0.29, 0.717) is 15.1 Å². The van der Waals surface area contributed by atoms with Crippen molar-refractivity contribution in [3.63, 3.8) is 0 Å². The van der Waals surface area contributed by atoms with Crippen LogP contribution in [0.3, 0.4) is 0 Å². The highest BCUT2D eigenvalue weighted by Gasteiger charge is 2.12. The number of ether oxygens (including phenoxy) is 1. The largest absolute Gasteiger partial charge is 0.483 e. The Hall–Kier alpha value is -1.95. The first kappa shape index (κ1) is 18.4. The number of primary amides is 1. The van der Waals surface area contributed by atoms with Gasteiger partial charge in [0.25, 0.3) is 11.8 Å². The Labute approximate surface area is 153 Å². The zero-order chi connectivity index (χ0) is 17.7. The number of nitrogens with one attached hydrogen (secondary N) is 1. The second-order valence-electron chi connectivity index (χ2n) is 4.81. The molecule has 2 rings (SSSR count). The smallest absolute Gasteiger partial charge is 0.258 e. The van der Waals surface area contributed by atoms with Gasteiger partial charge < -0.3 is 15.8 Å². The minimum atomic E-state index is -0.694. The van der Waals surface area contributed by atoms with Gasteiger partial charge in [-0.1, -0.05) is 40.9 Å². The van der Waals surface area contributed by atoms with Crippen molar-refractivity contribution in [1.29, 1.82) is 0 Å². The van der Waals surface area contributed by atoms with Gasteiger partial charge in [0.15, 0.2) is 6.61 Å². The maximum atomic E-state index is 11.9. The molecule has 0 aromatic heterocycles. The van der Waals surface area contributed by atoms with Crippen molar-refractivity contribution in [2.45, 2.75) is 6.54 Å². The minimum absolute atomic E-state index is 0.107. The molecule has 0 atom stereocenters. The summed E-state index contributed by atoms with van der Waals surface area (Å²) < 4.78 is 5.33. The van der Waals surface area contributed by atoms with Crippen LogP contribution in [-0.2, 0) is 11.3 Å². The fraction of sp³-hybridized carbons (Fsp3) is 0.125. The van der Waals surface area contributed by atoms with Gasteiger partial charge in [-0.15, -0.1) is 0 Å². The van der Waals surface area contributed by atoms with E-state index in [-0.39, 0.29) is 30.4 Å². The highest BCUT2D eigenvalue weighted by Crippen LogP contribution is 2.23. The zero-order valence-electron chi connectivity index (χ0n) is 12.3. The normalized spacial score (nSPS) is 10.3. The lowest BCUT2D eigenvalue weighted by Crippen LogP contribution is -2.29. The molecule has 0 aliphatic heterocycles. The van der Waals surface area contributed by atoms with Crippen LogP contribution < -0.4 is 15.8 Å². The van der Waals surface area contributed by atoms with E-state index < -0.39 is 5.91 Å². The summed E-state index contributed by atoms with van der Waals surface area (Å²) in [4.78, 5) is 23.2. The number of carbonyl (C=O) groups is 2. The Morgan fingerprint density at radius 2 is 1.71 bits per heavy atom. The quantitative estimate of drug-likeness (QED) is 0.796. The maximum absolute atomic E-state index is 11.9. The standard InChI is InChI=1S/C16H13Cl3N2O3/c17-10-3-4-14(12(5-10)16(20)23)24-8-15(22)21-7-9-1-2-11(18)6-13(9)19/h1-6H,7-8H2,(H2,20,23)(H,21,22). The van der Waals surface area contributed by atoms with Crippen molar-refractivity contribution >= 4 is 46.6 Å². The van der Waals surface area contributed by atoms with Crippen LogP contribution in [0.2, 0.25) is 15.1 Å². The van der Waals surface area contributed by atoms with Crippen molar-refractivity contribution in [3.8, 4) is 5.75 Å². The molecule has 0 spiro atoms. The van der Waals surface area contributed by atoms with Crippen LogP contribution in [0.4, 0.5) is 0 Å². The molecule has 0 fully saturated rings. The van der Waals surface area contributed by atoms with Crippen molar-refractivity contribution in [3.05, 3.63) is 62.6 Å². The summed E-state index contributed by atoms with van der Waals surface area (Å²) in [6, 6.07) is 9.38. The molecule has 8 heteroatoms. The zero-order valence-corrected chi connectivity index (χ0v) is 14.6. The second kappa shape index (κ2) is 8.24. The first-order chi connectivity index (χ1) is 11.4. The molecule has 0 unspecified atom stereocenters. The van der Waals surface area contributed by atoms with Gasteiger partial charge in [-0.05, 0) is 35.9 Å². The molecule has 3 N–H and O–H groups in total. The van der Waals surface area contributed by atoms with E-state index >= 15 is 0 Å². The number of rotatable bonds is 6. The first-order valence-electron chi connectivity index (χ1n) is 6.79. The fourth-order valence-corrected chi connectivity index (χ4v) is 2.52. The molecule has 24 heavy (non-hydrogen) atoms. The number of nitrogens with two attached hydrogens (primary N) is 1. The molecule has 0 bridgehead atoms. The number of hydrogen-bond donors (Lipinski definition) is 2. The number of hydrogen-bond acceptors (Lipinski definition) is 3. The van der Waals surface area contributed by atoms with E-state index in [0.717, 1.165) is 5.56 Å². The summed E-state index contributed by atoms with van der Waals surface area (Å²) in [5.74, 6) is -0.890. The summed E-state index contributed by atoms with van der Waals surface area (Å²) in [6.45, 7) is -0.0609. The van der Waals surface area contributed by atoms with Crippen LogP contribution in [-0.4, -0.2) is 18.4 Å². The predicted molar refractivity (Wildman–Crippen MR) is 93.8 cm³/mol. The molecule has 2 aromatic carbocycles. The van der Waals surface area contributed by atoms with Gasteiger partial charge in [0.1, 0.15) is 5.75 Å². The summed E-state index contributed by atoms with van der Waals surface area (Å²) in [5.41, 5.74) is 6.08. The topological polar surface area (TPSA) is 81.4 Å². The Kier molecular flexibility index (Phi) is 6.31. The average Bonchev–Trinajstić information content (AvgIpc) is 2.52. The molecule has 0 heterocycles. The second-order valence-corrected chi connectivity index (χ2v) is 6.09. The third-order valence-electron chi connectivity index (χ3n) is 3.06. The predicted octanol–water partition coefficient (Wildman–Crippen LogP) is 3.44. The third kappa shape index (κ3) is 5.03. The van der Waals surface area contributed by atoms with Crippen LogP contribution in [0.25, 0.3) is 0 Å². The van der Waals surface area contributed by atoms with Gasteiger partial charge in [0.05, 0.1) is 5.56 Å². The summed E-state index contributed by atoms with van der Waals surface area (Å²) >= 11 is 17.6. The van der Waals surface area contributed by atoms with Gasteiger partial charge in [0, 0.05) is 21.6 Å². The van der Waals surface area contributed by atoms with Crippen LogP contribution in [0.5, 0.6) is 5.75 Å². The Morgan fingerprint density at radius 1 is 1.04 bits per heavy atom. The summed E-state index contributed by atoms with van der Waals surface area (Å²) in [7, 11) is 0. The molecular weight excluding hydrogens is 375 g/mol. The van der Waals surface area contributed by atoms with E-state index in [1.165, 1.54) is 18.2 Å². The van der Waals surface area contributed by atoms with E-state index in [1.54, 1.807) is 18.2 Å². The van der Waals surface area contributed by atoms with Crippen LogP contribution in [0.1, 0.15) is 15.9 Å². The lowest BCUT2D eigenvalue weighted by Gasteiger charge is -2.11. The van der Waals surface area contributed by atoms with E-state index in [1.807, 2.05) is 0 Å². The van der Waals surface area contributed by atoms with E-state index in [4.69, 9.17) is 45.3 Å². The third-order valence-corrected chi connectivity index (χ3v) is 3.88. The van der Waals surface area contributed by atoms with Crippen LogP contribution >= 0.6 is 34.8 Å². The van der Waals surface area contributed by atoms with Gasteiger partial charge in [-0.2, -0.15) is 0 Å². The molecule has 0 aliphatic carbocycles. The number of carbonyl (C=O) groups excluding carboxylic acids is 2. The molecular formula is C16H13Cl3N2O3. The highest BCUT2D eigenvalue weighted by molar-refractivity contribution is 6.35. The van der Waals surface area contributed by atoms with Gasteiger partial charge in [0.2, 0.25) is 0 Å². The lowest BCUT2D eigenvalue weighted by molar-refractivity contribution is -0.123. The number of amides is 2. The molecule has 0 saturated heterocycles. The lowest BCUT2D eigenvalue weighted by atomic mass is 10.2. The number of halogens is 3. The molecule has 0 aliphatic rings. The molecule has 2 aromatic rings. The Bertz CT molecular complexity index is 781. The van der Waals surface area contributed by atoms with Gasteiger partial charge in [-0.25, -0.2) is 0 Å². The van der Waals surface area contributed by atoms with E-state index in [9.17, 15) is 9.59 Å². The van der Waals surface area contributed by atoms with Crippen molar-refractivity contribution in [2.24, 2.45) is 5.73 Å². The van der Waals surface area contributed by atoms with E-state index in [2.05, 4.69) is 5.32 Å². The molecule has 5 nitrogen and oxygen atoms in total. The van der Waals surface area contributed by atoms with Gasteiger partial charge >= 0.3 is 0 Å². The number of benzene rings is 2. The average molecular weight is 388 g/mol.